The van der Waals surface area contributed by atoms with E-state index >= 15 is 0 Å². The molecule has 0 spiro atoms. The lowest BCUT2D eigenvalue weighted by Crippen LogP contribution is -2.36. The van der Waals surface area contributed by atoms with Crippen molar-refractivity contribution < 1.29 is 4.74 Å². The Balaban J connectivity index is 1.82. The van der Waals surface area contributed by atoms with Crippen LogP contribution in [-0.2, 0) is 11.3 Å². The Morgan fingerprint density at radius 1 is 1.28 bits per heavy atom. The highest BCUT2D eigenvalue weighted by Crippen LogP contribution is 2.16. The van der Waals surface area contributed by atoms with E-state index in [1.165, 1.54) is 5.56 Å². The van der Waals surface area contributed by atoms with E-state index in [4.69, 9.17) is 10.00 Å². The third-order valence-electron chi connectivity index (χ3n) is 3.43. The fourth-order valence-corrected chi connectivity index (χ4v) is 2.41. The molecule has 1 aliphatic rings. The number of nitrogens with zero attached hydrogens (tertiary/aromatic N) is 2. The van der Waals surface area contributed by atoms with Crippen LogP contribution in [0.5, 0.6) is 0 Å². The summed E-state index contributed by atoms with van der Waals surface area (Å²) in [7, 11) is 0. The number of piperidine rings is 1. The fraction of sp³-hybridized carbons (Fsp3) is 0.533. The Bertz CT molecular complexity index is 399. The van der Waals surface area contributed by atoms with Gasteiger partial charge in [-0.15, -0.1) is 0 Å². The molecule has 1 fully saturated rings. The van der Waals surface area contributed by atoms with Gasteiger partial charge in [-0.3, -0.25) is 4.90 Å². The maximum absolute atomic E-state index is 8.76. The van der Waals surface area contributed by atoms with Crippen LogP contribution in [0.1, 0.15) is 30.9 Å². The van der Waals surface area contributed by atoms with Crippen LogP contribution < -0.4 is 0 Å². The minimum atomic E-state index is 0.451. The van der Waals surface area contributed by atoms with Crippen molar-refractivity contribution in [3.05, 3.63) is 35.4 Å². The molecule has 0 N–H and O–H groups in total. The van der Waals surface area contributed by atoms with Crippen molar-refractivity contribution in [3.63, 3.8) is 0 Å². The normalized spacial score (nSPS) is 17.6. The van der Waals surface area contributed by atoms with Crippen molar-refractivity contribution in [1.82, 2.24) is 4.90 Å². The van der Waals surface area contributed by atoms with E-state index in [0.29, 0.717) is 6.10 Å². The van der Waals surface area contributed by atoms with Gasteiger partial charge in [-0.1, -0.05) is 12.1 Å². The molecule has 1 heterocycles. The summed E-state index contributed by atoms with van der Waals surface area (Å²) in [6.07, 6.45) is 2.71. The smallest absolute Gasteiger partial charge is 0.0991 e. The van der Waals surface area contributed by atoms with Crippen molar-refractivity contribution in [2.24, 2.45) is 0 Å². The van der Waals surface area contributed by atoms with Crippen LogP contribution in [0.25, 0.3) is 0 Å². The van der Waals surface area contributed by atoms with Crippen LogP contribution in [0.4, 0.5) is 0 Å². The number of nitriles is 1. The van der Waals surface area contributed by atoms with Gasteiger partial charge in [-0.2, -0.15) is 5.26 Å². The number of hydrogen-bond donors (Lipinski definition) is 0. The van der Waals surface area contributed by atoms with Gasteiger partial charge < -0.3 is 4.74 Å². The average Bonchev–Trinajstić information content (AvgIpc) is 2.42. The summed E-state index contributed by atoms with van der Waals surface area (Å²) in [5.74, 6) is 0. The average molecular weight is 244 g/mol. The van der Waals surface area contributed by atoms with Gasteiger partial charge in [0.25, 0.3) is 0 Å². The highest BCUT2D eigenvalue weighted by Gasteiger charge is 2.18. The molecule has 3 heteroatoms. The van der Waals surface area contributed by atoms with E-state index in [1.807, 2.05) is 24.3 Å². The summed E-state index contributed by atoms with van der Waals surface area (Å²) >= 11 is 0. The van der Waals surface area contributed by atoms with Gasteiger partial charge in [-0.25, -0.2) is 0 Å². The Labute approximate surface area is 109 Å². The zero-order valence-corrected chi connectivity index (χ0v) is 10.9. The highest BCUT2D eigenvalue weighted by atomic mass is 16.5. The Morgan fingerprint density at radius 2 is 1.94 bits per heavy atom. The third kappa shape index (κ3) is 3.56. The minimum Gasteiger partial charge on any atom is -0.378 e. The molecule has 0 saturated carbocycles. The molecule has 0 radical (unpaired) electrons. The lowest BCUT2D eigenvalue weighted by atomic mass is 10.1. The molecule has 18 heavy (non-hydrogen) atoms. The van der Waals surface area contributed by atoms with E-state index in [0.717, 1.165) is 44.6 Å². The first-order chi connectivity index (χ1) is 8.81. The maximum Gasteiger partial charge on any atom is 0.0991 e. The summed E-state index contributed by atoms with van der Waals surface area (Å²) < 4.78 is 5.65. The molecule has 0 amide bonds. The second-order valence-corrected chi connectivity index (χ2v) is 4.74. The largest absolute Gasteiger partial charge is 0.378 e. The second-order valence-electron chi connectivity index (χ2n) is 4.74. The van der Waals surface area contributed by atoms with Gasteiger partial charge in [0.1, 0.15) is 0 Å². The number of rotatable bonds is 4. The summed E-state index contributed by atoms with van der Waals surface area (Å²) in [6, 6.07) is 10.0. The highest BCUT2D eigenvalue weighted by molar-refractivity contribution is 5.31. The van der Waals surface area contributed by atoms with E-state index in [1.54, 1.807) is 0 Å². The molecule has 1 aromatic rings. The van der Waals surface area contributed by atoms with E-state index in [2.05, 4.69) is 17.9 Å². The minimum absolute atomic E-state index is 0.451. The SMILES string of the molecule is CCOC1CCN(Cc2ccc(C#N)cc2)CC1. The zero-order valence-electron chi connectivity index (χ0n) is 10.9. The van der Waals surface area contributed by atoms with Crippen LogP contribution >= 0.6 is 0 Å². The van der Waals surface area contributed by atoms with Crippen LogP contribution in [0, 0.1) is 11.3 Å². The fourth-order valence-electron chi connectivity index (χ4n) is 2.41. The molecule has 0 bridgehead atoms. The molecule has 2 rings (SSSR count). The first-order valence-electron chi connectivity index (χ1n) is 6.65. The molecule has 0 unspecified atom stereocenters. The molecular formula is C15H20N2O. The molecule has 0 aliphatic carbocycles. The maximum atomic E-state index is 8.76. The predicted molar refractivity (Wildman–Crippen MR) is 71.1 cm³/mol. The van der Waals surface area contributed by atoms with Crippen molar-refractivity contribution in [2.75, 3.05) is 19.7 Å². The quantitative estimate of drug-likeness (QED) is 0.816. The molecule has 1 aromatic carbocycles. The summed E-state index contributed by atoms with van der Waals surface area (Å²) in [4.78, 5) is 2.46. The Kier molecular flexibility index (Phi) is 4.74. The molecule has 96 valence electrons. The molecule has 0 atom stereocenters. The van der Waals surface area contributed by atoms with Gasteiger partial charge in [0.15, 0.2) is 0 Å². The Hall–Kier alpha value is -1.37. The lowest BCUT2D eigenvalue weighted by Gasteiger charge is -2.31. The van der Waals surface area contributed by atoms with Gasteiger partial charge in [0, 0.05) is 26.2 Å². The third-order valence-corrected chi connectivity index (χ3v) is 3.43. The Morgan fingerprint density at radius 3 is 2.50 bits per heavy atom. The van der Waals surface area contributed by atoms with Gasteiger partial charge in [0.2, 0.25) is 0 Å². The van der Waals surface area contributed by atoms with Gasteiger partial charge >= 0.3 is 0 Å². The molecule has 3 nitrogen and oxygen atoms in total. The first kappa shape index (κ1) is 13.1. The van der Waals surface area contributed by atoms with Crippen LogP contribution in [0.2, 0.25) is 0 Å². The monoisotopic (exact) mass is 244 g/mol. The van der Waals surface area contributed by atoms with Crippen LogP contribution in [0.15, 0.2) is 24.3 Å². The molecule has 1 saturated heterocycles. The number of likely N-dealkylation sites (tertiary alicyclic amines) is 1. The number of hydrogen-bond acceptors (Lipinski definition) is 3. The van der Waals surface area contributed by atoms with Crippen molar-refractivity contribution >= 4 is 0 Å². The summed E-state index contributed by atoms with van der Waals surface area (Å²) in [6.45, 7) is 6.06. The number of ether oxygens (including phenoxy) is 1. The van der Waals surface area contributed by atoms with Crippen molar-refractivity contribution in [1.29, 1.82) is 5.26 Å². The first-order valence-corrected chi connectivity index (χ1v) is 6.65. The van der Waals surface area contributed by atoms with Crippen molar-refractivity contribution in [2.45, 2.75) is 32.4 Å². The standard InChI is InChI=1S/C15H20N2O/c1-2-18-15-7-9-17(10-8-15)12-14-5-3-13(11-16)4-6-14/h3-6,15H,2,7-10,12H2,1H3. The predicted octanol–water partition coefficient (Wildman–Crippen LogP) is 2.56. The summed E-state index contributed by atoms with van der Waals surface area (Å²) in [5.41, 5.74) is 2.01. The lowest BCUT2D eigenvalue weighted by molar-refractivity contribution is 0.0125. The molecule has 1 aliphatic heterocycles. The van der Waals surface area contributed by atoms with Gasteiger partial charge in [-0.05, 0) is 37.5 Å². The zero-order chi connectivity index (χ0) is 12.8. The van der Waals surface area contributed by atoms with E-state index < -0.39 is 0 Å². The van der Waals surface area contributed by atoms with Crippen LogP contribution in [-0.4, -0.2) is 30.7 Å². The van der Waals surface area contributed by atoms with E-state index in [-0.39, 0.29) is 0 Å². The van der Waals surface area contributed by atoms with Crippen molar-refractivity contribution in [3.8, 4) is 6.07 Å². The van der Waals surface area contributed by atoms with Gasteiger partial charge in [0.05, 0.1) is 17.7 Å². The second kappa shape index (κ2) is 6.53. The molecule has 0 aromatic heterocycles. The van der Waals surface area contributed by atoms with Crippen LogP contribution in [0.3, 0.4) is 0 Å². The number of benzene rings is 1. The summed E-state index contributed by atoms with van der Waals surface area (Å²) in [5, 5.41) is 8.76. The topological polar surface area (TPSA) is 36.3 Å². The molecular weight excluding hydrogens is 224 g/mol. The van der Waals surface area contributed by atoms with E-state index in [9.17, 15) is 0 Å².